The summed E-state index contributed by atoms with van der Waals surface area (Å²) in [6.07, 6.45) is 0.0221. The van der Waals surface area contributed by atoms with Gasteiger partial charge in [0, 0.05) is 18.1 Å². The third-order valence-corrected chi connectivity index (χ3v) is 1.90. The number of hydrogen-bond acceptors (Lipinski definition) is 4. The number of phenols is 2. The Kier molecular flexibility index (Phi) is 1.45. The number of phenolic OH excluding ortho intramolecular Hbond substituents is 2. The van der Waals surface area contributed by atoms with E-state index in [4.69, 9.17) is 4.74 Å². The van der Waals surface area contributed by atoms with E-state index in [1.54, 1.807) is 0 Å². The van der Waals surface area contributed by atoms with Crippen molar-refractivity contribution in [2.24, 2.45) is 0 Å². The van der Waals surface area contributed by atoms with Crippen LogP contribution in [-0.4, -0.2) is 16.0 Å². The second-order valence-electron chi connectivity index (χ2n) is 3.03. The standard InChI is InChI=1S/C9H8O4/c1-4(10)2-5-6(11)3-7-9(13-7)8(5)12/h3,11-12H,2H2,1H3. The van der Waals surface area contributed by atoms with Gasteiger partial charge in [-0.25, -0.2) is 0 Å². The first-order chi connectivity index (χ1) is 6.09. The van der Waals surface area contributed by atoms with Gasteiger partial charge in [0.2, 0.25) is 5.75 Å². The molecule has 4 nitrogen and oxygen atoms in total. The molecule has 0 atom stereocenters. The van der Waals surface area contributed by atoms with Crippen LogP contribution >= 0.6 is 0 Å². The highest BCUT2D eigenvalue weighted by Gasteiger charge is 2.30. The maximum atomic E-state index is 10.8. The second-order valence-corrected chi connectivity index (χ2v) is 3.03. The van der Waals surface area contributed by atoms with Gasteiger partial charge in [-0.3, -0.25) is 4.79 Å². The Morgan fingerprint density at radius 2 is 2.23 bits per heavy atom. The van der Waals surface area contributed by atoms with Crippen LogP contribution in [-0.2, 0) is 11.2 Å². The molecule has 2 N–H and O–H groups in total. The van der Waals surface area contributed by atoms with Crippen molar-refractivity contribution in [3.05, 3.63) is 11.6 Å². The summed E-state index contributed by atoms with van der Waals surface area (Å²) in [6.45, 7) is 1.39. The Bertz CT molecular complexity index is 395. The Labute approximate surface area is 74.4 Å². The summed E-state index contributed by atoms with van der Waals surface area (Å²) in [7, 11) is 0. The van der Waals surface area contributed by atoms with E-state index < -0.39 is 0 Å². The molecule has 13 heavy (non-hydrogen) atoms. The van der Waals surface area contributed by atoms with Gasteiger partial charge < -0.3 is 14.9 Å². The van der Waals surface area contributed by atoms with Crippen LogP contribution in [0.5, 0.6) is 23.0 Å². The van der Waals surface area contributed by atoms with Crippen LogP contribution in [0, 0.1) is 0 Å². The van der Waals surface area contributed by atoms with E-state index in [2.05, 4.69) is 0 Å². The quantitative estimate of drug-likeness (QED) is 0.684. The van der Waals surface area contributed by atoms with Gasteiger partial charge in [0.25, 0.3) is 0 Å². The predicted octanol–water partition coefficient (Wildman–Crippen LogP) is 1.33. The molecule has 4 heteroatoms. The normalized spacial score (nSPS) is 11.8. The van der Waals surface area contributed by atoms with Gasteiger partial charge in [-0.2, -0.15) is 0 Å². The molecule has 0 aromatic heterocycles. The summed E-state index contributed by atoms with van der Waals surface area (Å²) in [6, 6.07) is 1.40. The summed E-state index contributed by atoms with van der Waals surface area (Å²) < 4.78 is 4.85. The van der Waals surface area contributed by atoms with Crippen LogP contribution in [0.1, 0.15) is 12.5 Å². The Morgan fingerprint density at radius 1 is 1.54 bits per heavy atom. The van der Waals surface area contributed by atoms with Crippen LogP contribution in [0.4, 0.5) is 0 Å². The minimum Gasteiger partial charge on any atom is -0.507 e. The van der Waals surface area contributed by atoms with Gasteiger partial charge in [-0.1, -0.05) is 0 Å². The van der Waals surface area contributed by atoms with E-state index in [0.29, 0.717) is 11.5 Å². The zero-order valence-electron chi connectivity index (χ0n) is 7.00. The largest absolute Gasteiger partial charge is 0.507 e. The van der Waals surface area contributed by atoms with Crippen molar-refractivity contribution in [1.29, 1.82) is 0 Å². The van der Waals surface area contributed by atoms with Gasteiger partial charge in [0.15, 0.2) is 11.5 Å². The molecule has 0 bridgehead atoms. The van der Waals surface area contributed by atoms with E-state index in [0.717, 1.165) is 0 Å². The van der Waals surface area contributed by atoms with E-state index in [1.165, 1.54) is 13.0 Å². The Hall–Kier alpha value is -1.71. The molecular formula is C9H8O4. The smallest absolute Gasteiger partial charge is 0.212 e. The van der Waals surface area contributed by atoms with Gasteiger partial charge in [0.1, 0.15) is 11.5 Å². The fraction of sp³-hybridized carbons (Fsp3) is 0.222. The highest BCUT2D eigenvalue weighted by atomic mass is 16.6. The molecule has 68 valence electrons. The highest BCUT2D eigenvalue weighted by Crippen LogP contribution is 2.56. The number of fused-ring (bicyclic) bond motifs is 1. The molecule has 0 radical (unpaired) electrons. The first-order valence-electron chi connectivity index (χ1n) is 3.84. The van der Waals surface area contributed by atoms with Crippen molar-refractivity contribution in [3.8, 4) is 23.0 Å². The maximum absolute atomic E-state index is 10.8. The third-order valence-electron chi connectivity index (χ3n) is 1.90. The summed E-state index contributed by atoms with van der Waals surface area (Å²) in [5, 5.41) is 18.8. The summed E-state index contributed by atoms with van der Waals surface area (Å²) in [4.78, 5) is 10.8. The van der Waals surface area contributed by atoms with Gasteiger partial charge in [-0.15, -0.1) is 0 Å². The second kappa shape index (κ2) is 2.39. The lowest BCUT2D eigenvalue weighted by atomic mass is 10.1. The number of Topliss-reactive ketones (excluding diaryl/α,β-unsaturated/α-hetero) is 1. The van der Waals surface area contributed by atoms with Gasteiger partial charge >= 0.3 is 0 Å². The lowest BCUT2D eigenvalue weighted by Crippen LogP contribution is -1.96. The Balaban J connectivity index is 2.45. The fourth-order valence-electron chi connectivity index (χ4n) is 1.24. The number of carbonyl (C=O) groups is 1. The number of ketones is 1. The molecular weight excluding hydrogens is 172 g/mol. The van der Waals surface area contributed by atoms with Crippen molar-refractivity contribution in [3.63, 3.8) is 0 Å². The zero-order valence-corrected chi connectivity index (χ0v) is 7.00. The van der Waals surface area contributed by atoms with E-state index in [-0.39, 0.29) is 29.3 Å². The van der Waals surface area contributed by atoms with Crippen molar-refractivity contribution in [1.82, 2.24) is 0 Å². The number of aromatic hydroxyl groups is 2. The minimum absolute atomic E-state index is 0.0221. The number of ether oxygens (including phenoxy) is 1. The van der Waals surface area contributed by atoms with Crippen molar-refractivity contribution < 1.29 is 19.7 Å². The first-order valence-corrected chi connectivity index (χ1v) is 3.84. The van der Waals surface area contributed by atoms with Crippen LogP contribution in [0.3, 0.4) is 0 Å². The van der Waals surface area contributed by atoms with E-state index in [1.807, 2.05) is 0 Å². The molecule has 1 aliphatic heterocycles. The van der Waals surface area contributed by atoms with E-state index >= 15 is 0 Å². The van der Waals surface area contributed by atoms with Crippen LogP contribution < -0.4 is 4.74 Å². The SMILES string of the molecule is CC(=O)Cc1c(O)cc2c(c1O)O2. The monoisotopic (exact) mass is 180 g/mol. The molecule has 2 rings (SSSR count). The fourth-order valence-corrected chi connectivity index (χ4v) is 1.24. The lowest BCUT2D eigenvalue weighted by molar-refractivity contribution is -0.116. The highest BCUT2D eigenvalue weighted by molar-refractivity contribution is 5.82. The maximum Gasteiger partial charge on any atom is 0.212 e. The number of hydrogen-bond donors (Lipinski definition) is 2. The van der Waals surface area contributed by atoms with Crippen LogP contribution in [0.15, 0.2) is 6.07 Å². The average molecular weight is 180 g/mol. The minimum atomic E-state index is -0.120. The topological polar surface area (TPSA) is 70.1 Å². The average Bonchev–Trinajstić information content (AvgIpc) is 2.76. The molecule has 1 heterocycles. The summed E-state index contributed by atoms with van der Waals surface area (Å²) in [5.74, 6) is 0.511. The van der Waals surface area contributed by atoms with Crippen LogP contribution in [0.25, 0.3) is 0 Å². The van der Waals surface area contributed by atoms with Gasteiger partial charge in [0.05, 0.1) is 0 Å². The summed E-state index contributed by atoms with van der Waals surface area (Å²) >= 11 is 0. The molecule has 0 saturated carbocycles. The third kappa shape index (κ3) is 1.20. The molecule has 0 saturated heterocycles. The molecule has 1 aromatic rings. The Morgan fingerprint density at radius 3 is 2.85 bits per heavy atom. The zero-order chi connectivity index (χ0) is 9.59. The van der Waals surface area contributed by atoms with Crippen molar-refractivity contribution >= 4 is 5.78 Å². The molecule has 0 fully saturated rings. The lowest BCUT2D eigenvalue weighted by Gasteiger charge is -2.00. The van der Waals surface area contributed by atoms with Gasteiger partial charge in [-0.05, 0) is 6.92 Å². The molecule has 0 amide bonds. The first kappa shape index (κ1) is 7.91. The molecule has 0 aliphatic carbocycles. The molecule has 0 unspecified atom stereocenters. The number of benzene rings is 1. The summed E-state index contributed by atoms with van der Waals surface area (Å²) in [5.41, 5.74) is 0.240. The molecule has 0 spiro atoms. The number of rotatable bonds is 2. The van der Waals surface area contributed by atoms with E-state index in [9.17, 15) is 15.0 Å². The molecule has 1 aromatic carbocycles. The number of carbonyl (C=O) groups excluding carboxylic acids is 1. The van der Waals surface area contributed by atoms with Crippen molar-refractivity contribution in [2.45, 2.75) is 13.3 Å². The predicted molar refractivity (Wildman–Crippen MR) is 44.2 cm³/mol. The van der Waals surface area contributed by atoms with Crippen molar-refractivity contribution in [2.75, 3.05) is 0 Å². The van der Waals surface area contributed by atoms with Crippen LogP contribution in [0.2, 0.25) is 0 Å². The molecule has 1 aliphatic rings.